The molecule has 2 aromatic carbocycles. The monoisotopic (exact) mass is 324 g/mol. The summed E-state index contributed by atoms with van der Waals surface area (Å²) in [6.07, 6.45) is 1.86. The predicted molar refractivity (Wildman–Crippen MR) is 102 cm³/mol. The molecule has 0 spiro atoms. The summed E-state index contributed by atoms with van der Waals surface area (Å²) in [6.45, 7) is 4.16. The molecule has 0 saturated heterocycles. The highest BCUT2D eigenvalue weighted by molar-refractivity contribution is 6.06. The van der Waals surface area contributed by atoms with Crippen molar-refractivity contribution >= 4 is 33.0 Å². The Bertz CT molecular complexity index is 1250. The molecule has 0 aliphatic heterocycles. The average Bonchev–Trinajstić information content (AvgIpc) is 2.97. The van der Waals surface area contributed by atoms with Crippen LogP contribution in [-0.2, 0) is 0 Å². The third-order valence-electron chi connectivity index (χ3n) is 4.62. The Morgan fingerprint density at radius 1 is 0.800 bits per heavy atom. The van der Waals surface area contributed by atoms with Crippen LogP contribution in [0.15, 0.2) is 65.2 Å². The van der Waals surface area contributed by atoms with Crippen LogP contribution in [0.3, 0.4) is 0 Å². The standard InChI is InChI=1S/C22H16N2O/c1-13-3-6-15(7-4-13)19-11-20-17(12-23-19)22-21(25-20)10-16-9-14(2)5-8-18(16)24-22/h3-12H,1-2H3. The molecule has 0 unspecified atom stereocenters. The topological polar surface area (TPSA) is 38.9 Å². The quantitative estimate of drug-likeness (QED) is 0.390. The fourth-order valence-corrected chi connectivity index (χ4v) is 3.25. The van der Waals surface area contributed by atoms with E-state index in [1.807, 2.05) is 12.3 Å². The van der Waals surface area contributed by atoms with E-state index in [1.165, 1.54) is 11.1 Å². The van der Waals surface area contributed by atoms with E-state index in [-0.39, 0.29) is 0 Å². The Kier molecular flexibility index (Phi) is 2.92. The van der Waals surface area contributed by atoms with Crippen molar-refractivity contribution in [2.75, 3.05) is 0 Å². The van der Waals surface area contributed by atoms with Crippen molar-refractivity contribution in [3.63, 3.8) is 0 Å². The Morgan fingerprint density at radius 2 is 1.60 bits per heavy atom. The molecule has 3 nitrogen and oxygen atoms in total. The van der Waals surface area contributed by atoms with Crippen molar-refractivity contribution < 1.29 is 4.42 Å². The van der Waals surface area contributed by atoms with E-state index in [0.717, 1.165) is 44.2 Å². The zero-order valence-electron chi connectivity index (χ0n) is 14.1. The zero-order valence-corrected chi connectivity index (χ0v) is 14.1. The predicted octanol–water partition coefficient (Wildman–Crippen LogP) is 5.81. The van der Waals surface area contributed by atoms with Crippen molar-refractivity contribution in [1.82, 2.24) is 9.97 Å². The molecule has 5 aromatic rings. The van der Waals surface area contributed by atoms with Gasteiger partial charge in [-0.15, -0.1) is 0 Å². The summed E-state index contributed by atoms with van der Waals surface area (Å²) in [7, 11) is 0. The number of hydrogen-bond acceptors (Lipinski definition) is 3. The molecule has 25 heavy (non-hydrogen) atoms. The van der Waals surface area contributed by atoms with Crippen LogP contribution in [0.4, 0.5) is 0 Å². The van der Waals surface area contributed by atoms with Crippen LogP contribution in [-0.4, -0.2) is 9.97 Å². The van der Waals surface area contributed by atoms with E-state index in [4.69, 9.17) is 9.40 Å². The lowest BCUT2D eigenvalue weighted by molar-refractivity contribution is 0.668. The van der Waals surface area contributed by atoms with Crippen LogP contribution >= 0.6 is 0 Å². The maximum atomic E-state index is 6.08. The molecule has 0 fully saturated rings. The second-order valence-corrected chi connectivity index (χ2v) is 6.57. The lowest BCUT2D eigenvalue weighted by Gasteiger charge is -2.01. The molecule has 3 aromatic heterocycles. The molecule has 3 heteroatoms. The third kappa shape index (κ3) is 2.28. The number of furan rings is 1. The van der Waals surface area contributed by atoms with E-state index in [9.17, 15) is 0 Å². The summed E-state index contributed by atoms with van der Waals surface area (Å²) in [5, 5.41) is 2.05. The second-order valence-electron chi connectivity index (χ2n) is 6.57. The maximum Gasteiger partial charge on any atom is 0.154 e. The van der Waals surface area contributed by atoms with Crippen LogP contribution < -0.4 is 0 Å². The first kappa shape index (κ1) is 14.2. The van der Waals surface area contributed by atoms with Crippen molar-refractivity contribution in [3.05, 3.63) is 71.9 Å². The first-order valence-corrected chi connectivity index (χ1v) is 8.34. The highest BCUT2D eigenvalue weighted by Gasteiger charge is 2.12. The first-order valence-electron chi connectivity index (χ1n) is 8.34. The summed E-state index contributed by atoms with van der Waals surface area (Å²) >= 11 is 0. The minimum atomic E-state index is 0.802. The number of aryl methyl sites for hydroxylation is 2. The third-order valence-corrected chi connectivity index (χ3v) is 4.62. The van der Waals surface area contributed by atoms with Crippen LogP contribution in [0, 0.1) is 13.8 Å². The summed E-state index contributed by atoms with van der Waals surface area (Å²) in [5.74, 6) is 0. The average molecular weight is 324 g/mol. The molecule has 0 amide bonds. The van der Waals surface area contributed by atoms with E-state index < -0.39 is 0 Å². The smallest absolute Gasteiger partial charge is 0.154 e. The van der Waals surface area contributed by atoms with Gasteiger partial charge in [-0.2, -0.15) is 0 Å². The number of rotatable bonds is 1. The fourth-order valence-electron chi connectivity index (χ4n) is 3.25. The zero-order chi connectivity index (χ0) is 17.0. The molecule has 0 aliphatic rings. The molecule has 0 N–H and O–H groups in total. The number of hydrogen-bond donors (Lipinski definition) is 0. The SMILES string of the molecule is Cc1ccc(-c2cc3oc4cc5cc(C)ccc5nc4c3cn2)cc1. The van der Waals surface area contributed by atoms with Gasteiger partial charge in [0.2, 0.25) is 0 Å². The summed E-state index contributed by atoms with van der Waals surface area (Å²) in [6, 6.07) is 18.7. The largest absolute Gasteiger partial charge is 0.454 e. The number of fused-ring (bicyclic) bond motifs is 4. The van der Waals surface area contributed by atoms with E-state index >= 15 is 0 Å². The van der Waals surface area contributed by atoms with Gasteiger partial charge in [0.1, 0.15) is 11.1 Å². The van der Waals surface area contributed by atoms with Gasteiger partial charge in [-0.1, -0.05) is 41.5 Å². The Labute approximate surface area is 144 Å². The molecule has 5 rings (SSSR count). The normalized spacial score (nSPS) is 11.6. The summed E-state index contributed by atoms with van der Waals surface area (Å²) in [5.41, 5.74) is 7.91. The van der Waals surface area contributed by atoms with Crippen molar-refractivity contribution in [3.8, 4) is 11.3 Å². The van der Waals surface area contributed by atoms with Crippen LogP contribution in [0.1, 0.15) is 11.1 Å². The van der Waals surface area contributed by atoms with Gasteiger partial charge in [0.05, 0.1) is 16.6 Å². The molecule has 0 saturated carbocycles. The van der Waals surface area contributed by atoms with Crippen molar-refractivity contribution in [2.24, 2.45) is 0 Å². The molecular formula is C22H16N2O. The molecule has 3 heterocycles. The van der Waals surface area contributed by atoms with E-state index in [2.05, 4.69) is 67.4 Å². The van der Waals surface area contributed by atoms with Crippen LogP contribution in [0.5, 0.6) is 0 Å². The fraction of sp³-hybridized carbons (Fsp3) is 0.0909. The first-order chi connectivity index (χ1) is 12.2. The van der Waals surface area contributed by atoms with Crippen molar-refractivity contribution in [2.45, 2.75) is 13.8 Å². The van der Waals surface area contributed by atoms with Gasteiger partial charge >= 0.3 is 0 Å². The Hall–Kier alpha value is -3.20. The van der Waals surface area contributed by atoms with Gasteiger partial charge in [0.15, 0.2) is 5.58 Å². The second kappa shape index (κ2) is 5.15. The molecule has 0 atom stereocenters. The van der Waals surface area contributed by atoms with Crippen molar-refractivity contribution in [1.29, 1.82) is 0 Å². The van der Waals surface area contributed by atoms with Gasteiger partial charge in [-0.05, 0) is 32.0 Å². The lowest BCUT2D eigenvalue weighted by atomic mass is 10.1. The van der Waals surface area contributed by atoms with Gasteiger partial charge in [-0.25, -0.2) is 4.98 Å². The Balaban J connectivity index is 1.75. The maximum absolute atomic E-state index is 6.08. The number of nitrogens with zero attached hydrogens (tertiary/aromatic N) is 2. The van der Waals surface area contributed by atoms with Crippen LogP contribution in [0.25, 0.3) is 44.2 Å². The highest BCUT2D eigenvalue weighted by atomic mass is 16.3. The van der Waals surface area contributed by atoms with Gasteiger partial charge in [-0.3, -0.25) is 4.98 Å². The minimum absolute atomic E-state index is 0.802. The molecule has 0 bridgehead atoms. The minimum Gasteiger partial charge on any atom is -0.454 e. The highest BCUT2D eigenvalue weighted by Crippen LogP contribution is 2.31. The van der Waals surface area contributed by atoms with Gasteiger partial charge in [0, 0.05) is 23.2 Å². The van der Waals surface area contributed by atoms with Crippen LogP contribution in [0.2, 0.25) is 0 Å². The van der Waals surface area contributed by atoms with Gasteiger partial charge < -0.3 is 4.42 Å². The molecular weight excluding hydrogens is 308 g/mol. The van der Waals surface area contributed by atoms with Gasteiger partial charge in [0.25, 0.3) is 0 Å². The lowest BCUT2D eigenvalue weighted by Crippen LogP contribution is -1.84. The molecule has 0 aliphatic carbocycles. The van der Waals surface area contributed by atoms with E-state index in [1.54, 1.807) is 0 Å². The Morgan fingerprint density at radius 3 is 2.44 bits per heavy atom. The summed E-state index contributed by atoms with van der Waals surface area (Å²) in [4.78, 5) is 9.41. The summed E-state index contributed by atoms with van der Waals surface area (Å²) < 4.78 is 6.08. The molecule has 120 valence electrons. The number of aromatic nitrogens is 2. The number of benzene rings is 2. The molecule has 0 radical (unpaired) electrons. The van der Waals surface area contributed by atoms with E-state index in [0.29, 0.717) is 0 Å². The number of pyridine rings is 2.